The molecule has 0 aromatic heterocycles. The third-order valence-electron chi connectivity index (χ3n) is 2.72. The Morgan fingerprint density at radius 2 is 2.06 bits per heavy atom. The van der Waals surface area contributed by atoms with Gasteiger partial charge in [0.05, 0.1) is 11.7 Å². The maximum absolute atomic E-state index is 5.89. The Balaban J connectivity index is 0.00000108. The molecule has 0 radical (unpaired) electrons. The van der Waals surface area contributed by atoms with Crippen LogP contribution in [0.4, 0.5) is 0 Å². The summed E-state index contributed by atoms with van der Waals surface area (Å²) in [6, 6.07) is 8.37. The maximum Gasteiger partial charge on any atom is 0.168 e. The van der Waals surface area contributed by atoms with Crippen molar-refractivity contribution in [1.29, 1.82) is 0 Å². The molecule has 0 N–H and O–H groups in total. The monoisotopic (exact) mass is 330 g/mol. The Kier molecular flexibility index (Phi) is 3.85. The molecule has 5 heteroatoms. The number of rotatable bonds is 1. The van der Waals surface area contributed by atoms with Crippen LogP contribution in [-0.4, -0.2) is 22.7 Å². The van der Waals surface area contributed by atoms with Gasteiger partial charge in [0.1, 0.15) is 0 Å². The van der Waals surface area contributed by atoms with Crippen molar-refractivity contribution in [2.24, 2.45) is 4.99 Å². The second-order valence-electron chi connectivity index (χ2n) is 4.00. The topological polar surface area (TPSA) is 15.6 Å². The number of hydrogen-bond donors (Lipinski definition) is 0. The molecule has 0 amide bonds. The molecule has 2 aliphatic heterocycles. The zero-order valence-electron chi connectivity index (χ0n) is 9.26. The van der Waals surface area contributed by atoms with Gasteiger partial charge in [0.15, 0.2) is 5.17 Å². The van der Waals surface area contributed by atoms with Crippen LogP contribution in [0.3, 0.4) is 0 Å². The molecule has 2 heterocycles. The molecule has 3 rings (SSSR count). The van der Waals surface area contributed by atoms with Crippen molar-refractivity contribution in [3.05, 3.63) is 40.3 Å². The molecule has 0 fully saturated rings. The van der Waals surface area contributed by atoms with E-state index < -0.39 is 0 Å². The van der Waals surface area contributed by atoms with Gasteiger partial charge in [-0.1, -0.05) is 35.5 Å². The van der Waals surface area contributed by atoms with Crippen LogP contribution in [0.2, 0.25) is 5.02 Å². The van der Waals surface area contributed by atoms with Crippen molar-refractivity contribution in [2.45, 2.75) is 13.0 Å². The van der Waals surface area contributed by atoms with E-state index >= 15 is 0 Å². The highest BCUT2D eigenvalue weighted by Gasteiger charge is 2.30. The number of benzene rings is 1. The first-order valence-electron chi connectivity index (χ1n) is 5.22. The molecule has 0 saturated carbocycles. The molecule has 2 nitrogen and oxygen atoms in total. The number of fused-ring (bicyclic) bond motifs is 1. The number of nitrogens with zero attached hydrogens (tertiary/aromatic N) is 2. The smallest absolute Gasteiger partial charge is 0.168 e. The summed E-state index contributed by atoms with van der Waals surface area (Å²) in [5.41, 5.74) is 2.45. The molecule has 2 aliphatic rings. The van der Waals surface area contributed by atoms with E-state index in [4.69, 9.17) is 11.6 Å². The number of aliphatic imine (C=N–C) groups is 1. The number of amidine groups is 1. The summed E-state index contributed by atoms with van der Waals surface area (Å²) in [7, 11) is 0. The van der Waals surface area contributed by atoms with Crippen molar-refractivity contribution in [3.8, 4) is 0 Å². The SMILES string of the molecule is Br.CC1CN2C(c3ccc(Cl)cc3)=CSC2=N1. The third-order valence-corrected chi connectivity index (χ3v) is 3.84. The van der Waals surface area contributed by atoms with E-state index in [9.17, 15) is 0 Å². The van der Waals surface area contributed by atoms with Gasteiger partial charge in [-0.05, 0) is 24.6 Å². The van der Waals surface area contributed by atoms with Crippen LogP contribution in [0.5, 0.6) is 0 Å². The summed E-state index contributed by atoms with van der Waals surface area (Å²) in [5, 5.41) is 4.06. The fourth-order valence-electron chi connectivity index (χ4n) is 1.95. The third kappa shape index (κ3) is 2.39. The van der Waals surface area contributed by atoms with E-state index in [1.807, 2.05) is 12.1 Å². The summed E-state index contributed by atoms with van der Waals surface area (Å²) in [4.78, 5) is 6.85. The quantitative estimate of drug-likeness (QED) is 0.772. The van der Waals surface area contributed by atoms with Crippen LogP contribution in [0.25, 0.3) is 5.70 Å². The predicted octanol–water partition coefficient (Wildman–Crippen LogP) is 4.02. The highest BCUT2D eigenvalue weighted by atomic mass is 79.9. The lowest BCUT2D eigenvalue weighted by Gasteiger charge is -2.17. The molecule has 0 spiro atoms. The first-order chi connectivity index (χ1) is 7.74. The Bertz CT molecular complexity index is 484. The second kappa shape index (κ2) is 5.04. The molecule has 1 aromatic rings. The Hall–Kier alpha value is -0.450. The van der Waals surface area contributed by atoms with Gasteiger partial charge in [-0.3, -0.25) is 4.99 Å². The van der Waals surface area contributed by atoms with Crippen molar-refractivity contribution in [3.63, 3.8) is 0 Å². The van der Waals surface area contributed by atoms with Crippen molar-refractivity contribution in [2.75, 3.05) is 6.54 Å². The molecule has 0 bridgehead atoms. The molecule has 1 unspecified atom stereocenters. The molecule has 17 heavy (non-hydrogen) atoms. The normalized spacial score (nSPS) is 21.8. The van der Waals surface area contributed by atoms with Crippen LogP contribution in [0.15, 0.2) is 34.7 Å². The number of halogens is 2. The minimum absolute atomic E-state index is 0. The summed E-state index contributed by atoms with van der Waals surface area (Å²) in [5.74, 6) is 0. The summed E-state index contributed by atoms with van der Waals surface area (Å²) in [6.07, 6.45) is 0. The van der Waals surface area contributed by atoms with Crippen LogP contribution in [-0.2, 0) is 0 Å². The minimum Gasteiger partial charge on any atom is -0.318 e. The van der Waals surface area contributed by atoms with Crippen molar-refractivity contribution < 1.29 is 0 Å². The highest BCUT2D eigenvalue weighted by Crippen LogP contribution is 2.36. The lowest BCUT2D eigenvalue weighted by Crippen LogP contribution is -2.22. The zero-order valence-corrected chi connectivity index (χ0v) is 12.5. The van der Waals surface area contributed by atoms with E-state index in [1.165, 1.54) is 11.3 Å². The van der Waals surface area contributed by atoms with E-state index in [1.54, 1.807) is 11.8 Å². The molecular formula is C12H12BrClN2S. The van der Waals surface area contributed by atoms with E-state index in [0.29, 0.717) is 6.04 Å². The second-order valence-corrected chi connectivity index (χ2v) is 5.27. The van der Waals surface area contributed by atoms with E-state index in [2.05, 4.69) is 34.4 Å². The predicted molar refractivity (Wildman–Crippen MR) is 80.9 cm³/mol. The summed E-state index contributed by atoms with van der Waals surface area (Å²) < 4.78 is 0. The van der Waals surface area contributed by atoms with E-state index in [-0.39, 0.29) is 17.0 Å². The molecule has 0 aliphatic carbocycles. The first kappa shape index (κ1) is 13.0. The Labute approximate surface area is 121 Å². The largest absolute Gasteiger partial charge is 0.318 e. The maximum atomic E-state index is 5.89. The average Bonchev–Trinajstić information content (AvgIpc) is 2.78. The Morgan fingerprint density at radius 3 is 2.76 bits per heavy atom. The molecular weight excluding hydrogens is 320 g/mol. The van der Waals surface area contributed by atoms with Gasteiger partial charge >= 0.3 is 0 Å². The van der Waals surface area contributed by atoms with Gasteiger partial charge < -0.3 is 4.90 Å². The average molecular weight is 332 g/mol. The number of hydrogen-bond acceptors (Lipinski definition) is 3. The minimum atomic E-state index is 0. The van der Waals surface area contributed by atoms with E-state index in [0.717, 1.165) is 16.7 Å². The molecule has 1 atom stereocenters. The Morgan fingerprint density at radius 1 is 1.35 bits per heavy atom. The van der Waals surface area contributed by atoms with Crippen molar-refractivity contribution >= 4 is 51.2 Å². The van der Waals surface area contributed by atoms with Gasteiger partial charge in [-0.2, -0.15) is 0 Å². The lowest BCUT2D eigenvalue weighted by atomic mass is 10.1. The van der Waals surface area contributed by atoms with Gasteiger partial charge in [0.2, 0.25) is 0 Å². The van der Waals surface area contributed by atoms with Gasteiger partial charge in [-0.25, -0.2) is 0 Å². The van der Waals surface area contributed by atoms with Gasteiger partial charge in [0.25, 0.3) is 0 Å². The van der Waals surface area contributed by atoms with Gasteiger partial charge in [-0.15, -0.1) is 17.0 Å². The van der Waals surface area contributed by atoms with Crippen LogP contribution in [0, 0.1) is 0 Å². The van der Waals surface area contributed by atoms with Crippen LogP contribution >= 0.6 is 40.3 Å². The molecule has 0 saturated heterocycles. The standard InChI is InChI=1S/C12H11ClN2S.BrH/c1-8-6-15-11(7-16-12(15)14-8)9-2-4-10(13)5-3-9;/h2-5,7-8H,6H2,1H3;1H. The summed E-state index contributed by atoms with van der Waals surface area (Å²) in [6.45, 7) is 3.13. The van der Waals surface area contributed by atoms with Crippen LogP contribution in [0.1, 0.15) is 12.5 Å². The lowest BCUT2D eigenvalue weighted by molar-refractivity contribution is 0.585. The fraction of sp³-hybridized carbons (Fsp3) is 0.250. The zero-order chi connectivity index (χ0) is 11.1. The molecule has 90 valence electrons. The first-order valence-corrected chi connectivity index (χ1v) is 6.48. The highest BCUT2D eigenvalue weighted by molar-refractivity contribution is 8.93. The number of thioether (sulfide) groups is 1. The van der Waals surface area contributed by atoms with Crippen molar-refractivity contribution in [1.82, 2.24) is 4.90 Å². The fourth-order valence-corrected chi connectivity index (χ4v) is 3.10. The van der Waals surface area contributed by atoms with Gasteiger partial charge in [0, 0.05) is 17.0 Å². The molecule has 1 aromatic carbocycles. The van der Waals surface area contributed by atoms with Crippen LogP contribution < -0.4 is 0 Å². The summed E-state index contributed by atoms with van der Waals surface area (Å²) >= 11 is 7.60.